The van der Waals surface area contributed by atoms with E-state index in [-0.39, 0.29) is 12.5 Å². The summed E-state index contributed by atoms with van der Waals surface area (Å²) in [4.78, 5) is 4.43. The Labute approximate surface area is 138 Å². The minimum atomic E-state index is 0.198. The average Bonchev–Trinajstić information content (AvgIpc) is 2.85. The molecule has 0 radical (unpaired) electrons. The van der Waals surface area contributed by atoms with E-state index in [4.69, 9.17) is 0 Å². The Morgan fingerprint density at radius 3 is 2.86 bits per heavy atom. The lowest BCUT2D eigenvalue weighted by molar-refractivity contribution is 0.224. The van der Waals surface area contributed by atoms with Crippen molar-refractivity contribution in [3.05, 3.63) is 64.5 Å². The van der Waals surface area contributed by atoms with Crippen LogP contribution in [0.3, 0.4) is 0 Å². The molecule has 0 fully saturated rings. The molecule has 114 valence electrons. The quantitative estimate of drug-likeness (QED) is 0.747. The Morgan fingerprint density at radius 1 is 1.27 bits per heavy atom. The molecular weight excluding hydrogens is 340 g/mol. The minimum Gasteiger partial charge on any atom is -0.396 e. The van der Waals surface area contributed by atoms with E-state index < -0.39 is 0 Å². The lowest BCUT2D eigenvalue weighted by Gasteiger charge is -2.10. The topological polar surface area (TPSA) is 38.0 Å². The highest BCUT2D eigenvalue weighted by Crippen LogP contribution is 2.27. The molecule has 1 aromatic carbocycles. The van der Waals surface area contributed by atoms with Crippen LogP contribution in [-0.2, 0) is 13.0 Å². The monoisotopic (exact) mass is 358 g/mol. The molecule has 3 nitrogen and oxygen atoms in total. The van der Waals surface area contributed by atoms with E-state index in [1.807, 2.05) is 18.3 Å². The summed E-state index contributed by atoms with van der Waals surface area (Å²) < 4.78 is 3.31. The van der Waals surface area contributed by atoms with Gasteiger partial charge in [0.2, 0.25) is 0 Å². The van der Waals surface area contributed by atoms with Crippen molar-refractivity contribution >= 4 is 26.8 Å². The number of aliphatic hydroxyl groups is 1. The van der Waals surface area contributed by atoms with Crippen LogP contribution >= 0.6 is 15.9 Å². The Kier molecular flexibility index (Phi) is 4.60. The van der Waals surface area contributed by atoms with Crippen molar-refractivity contribution < 1.29 is 5.11 Å². The van der Waals surface area contributed by atoms with Crippen molar-refractivity contribution in [2.45, 2.75) is 19.9 Å². The zero-order valence-corrected chi connectivity index (χ0v) is 14.1. The standard InChI is InChI=1S/C18H19BrN2O/c1-13(12-22)10-21-11-14(8-16-4-2-3-7-20-16)17-6-5-15(19)9-18(17)21/h2-7,9,11,13,22H,8,10,12H2,1H3/t13-/m0/s1. The van der Waals surface area contributed by atoms with Gasteiger partial charge in [0.25, 0.3) is 0 Å². The molecule has 0 aliphatic heterocycles. The van der Waals surface area contributed by atoms with Crippen LogP contribution in [0.15, 0.2) is 53.3 Å². The normalized spacial score (nSPS) is 12.7. The Morgan fingerprint density at radius 2 is 2.14 bits per heavy atom. The molecule has 4 heteroatoms. The maximum atomic E-state index is 9.33. The molecule has 0 spiro atoms. The van der Waals surface area contributed by atoms with Crippen LogP contribution in [0.1, 0.15) is 18.2 Å². The third kappa shape index (κ3) is 3.23. The van der Waals surface area contributed by atoms with Gasteiger partial charge in [-0.1, -0.05) is 35.0 Å². The Balaban J connectivity index is 2.03. The number of aliphatic hydroxyl groups excluding tert-OH is 1. The summed E-state index contributed by atoms with van der Waals surface area (Å²) in [5, 5.41) is 10.6. The molecule has 2 aromatic heterocycles. The molecule has 2 heterocycles. The van der Waals surface area contributed by atoms with Crippen LogP contribution in [0.25, 0.3) is 10.9 Å². The molecule has 3 aromatic rings. The fourth-order valence-corrected chi connectivity index (χ4v) is 3.07. The van der Waals surface area contributed by atoms with Gasteiger partial charge in [0, 0.05) is 53.0 Å². The van der Waals surface area contributed by atoms with E-state index in [1.54, 1.807) is 0 Å². The maximum Gasteiger partial charge on any atom is 0.0494 e. The lowest BCUT2D eigenvalue weighted by Crippen LogP contribution is -2.10. The zero-order valence-electron chi connectivity index (χ0n) is 12.5. The third-order valence-corrected chi connectivity index (χ3v) is 4.34. The van der Waals surface area contributed by atoms with Gasteiger partial charge < -0.3 is 9.67 Å². The van der Waals surface area contributed by atoms with Crippen LogP contribution in [0.5, 0.6) is 0 Å². The van der Waals surface area contributed by atoms with Crippen LogP contribution in [0.2, 0.25) is 0 Å². The molecule has 22 heavy (non-hydrogen) atoms. The van der Waals surface area contributed by atoms with Gasteiger partial charge in [-0.05, 0) is 35.7 Å². The van der Waals surface area contributed by atoms with Crippen molar-refractivity contribution in [2.24, 2.45) is 5.92 Å². The summed E-state index contributed by atoms with van der Waals surface area (Å²) in [6.07, 6.45) is 4.84. The van der Waals surface area contributed by atoms with E-state index in [0.717, 1.165) is 23.1 Å². The van der Waals surface area contributed by atoms with Crippen molar-refractivity contribution in [1.82, 2.24) is 9.55 Å². The predicted octanol–water partition coefficient (Wildman–Crippen LogP) is 4.02. The smallest absolute Gasteiger partial charge is 0.0494 e. The molecule has 0 aliphatic rings. The average molecular weight is 359 g/mol. The number of halogens is 1. The molecule has 0 bridgehead atoms. The first kappa shape index (κ1) is 15.3. The van der Waals surface area contributed by atoms with Gasteiger partial charge in [-0.25, -0.2) is 0 Å². The van der Waals surface area contributed by atoms with Gasteiger partial charge in [-0.3, -0.25) is 4.98 Å². The van der Waals surface area contributed by atoms with Gasteiger partial charge in [0.15, 0.2) is 0 Å². The summed E-state index contributed by atoms with van der Waals surface area (Å²) in [7, 11) is 0. The number of hydrogen-bond acceptors (Lipinski definition) is 2. The van der Waals surface area contributed by atoms with E-state index in [2.05, 4.69) is 62.9 Å². The third-order valence-electron chi connectivity index (χ3n) is 3.84. The highest BCUT2D eigenvalue weighted by Gasteiger charge is 2.12. The van der Waals surface area contributed by atoms with Crippen LogP contribution in [-0.4, -0.2) is 21.3 Å². The van der Waals surface area contributed by atoms with Gasteiger partial charge in [-0.2, -0.15) is 0 Å². The molecule has 0 saturated heterocycles. The second-order valence-corrected chi connectivity index (χ2v) is 6.67. The number of nitrogens with zero attached hydrogens (tertiary/aromatic N) is 2. The predicted molar refractivity (Wildman–Crippen MR) is 92.9 cm³/mol. The van der Waals surface area contributed by atoms with Crippen molar-refractivity contribution in [3.8, 4) is 0 Å². The summed E-state index contributed by atoms with van der Waals surface area (Å²) in [5.41, 5.74) is 3.53. The van der Waals surface area contributed by atoms with Gasteiger partial charge in [-0.15, -0.1) is 0 Å². The van der Waals surface area contributed by atoms with Gasteiger partial charge >= 0.3 is 0 Å². The molecule has 0 saturated carbocycles. The minimum absolute atomic E-state index is 0.198. The van der Waals surface area contributed by atoms with Crippen LogP contribution in [0.4, 0.5) is 0 Å². The summed E-state index contributed by atoms with van der Waals surface area (Å²) in [5.74, 6) is 0.234. The first-order chi connectivity index (χ1) is 10.7. The van der Waals surface area contributed by atoms with E-state index in [0.29, 0.717) is 0 Å². The zero-order chi connectivity index (χ0) is 15.5. The summed E-state index contributed by atoms with van der Waals surface area (Å²) >= 11 is 3.55. The SMILES string of the molecule is C[C@H](CO)Cn1cc(Cc2ccccn2)c2ccc(Br)cc21. The second-order valence-electron chi connectivity index (χ2n) is 5.75. The molecule has 1 atom stereocenters. The number of fused-ring (bicyclic) bond motifs is 1. The van der Waals surface area contributed by atoms with Crippen molar-refractivity contribution in [3.63, 3.8) is 0 Å². The first-order valence-electron chi connectivity index (χ1n) is 7.45. The summed E-state index contributed by atoms with van der Waals surface area (Å²) in [6.45, 7) is 3.07. The fraction of sp³-hybridized carbons (Fsp3) is 0.278. The number of pyridine rings is 1. The molecule has 0 unspecified atom stereocenters. The van der Waals surface area contributed by atoms with Gasteiger partial charge in [0.05, 0.1) is 0 Å². The number of benzene rings is 1. The highest BCUT2D eigenvalue weighted by molar-refractivity contribution is 9.10. The van der Waals surface area contributed by atoms with Gasteiger partial charge in [0.1, 0.15) is 0 Å². The Hall–Kier alpha value is -1.65. The van der Waals surface area contributed by atoms with E-state index in [1.165, 1.54) is 16.5 Å². The van der Waals surface area contributed by atoms with Crippen LogP contribution in [0, 0.1) is 5.92 Å². The van der Waals surface area contributed by atoms with Crippen molar-refractivity contribution in [2.75, 3.05) is 6.61 Å². The van der Waals surface area contributed by atoms with E-state index in [9.17, 15) is 5.11 Å². The summed E-state index contributed by atoms with van der Waals surface area (Å²) in [6, 6.07) is 12.4. The molecule has 0 aliphatic carbocycles. The number of hydrogen-bond donors (Lipinski definition) is 1. The molecular formula is C18H19BrN2O. The van der Waals surface area contributed by atoms with E-state index >= 15 is 0 Å². The number of aromatic nitrogens is 2. The second kappa shape index (κ2) is 6.63. The molecule has 3 rings (SSSR count). The maximum absolute atomic E-state index is 9.33. The largest absolute Gasteiger partial charge is 0.396 e. The van der Waals surface area contributed by atoms with Crippen LogP contribution < -0.4 is 0 Å². The first-order valence-corrected chi connectivity index (χ1v) is 8.24. The fourth-order valence-electron chi connectivity index (χ4n) is 2.72. The lowest BCUT2D eigenvalue weighted by atomic mass is 10.1. The molecule has 1 N–H and O–H groups in total. The van der Waals surface area contributed by atoms with Crippen molar-refractivity contribution in [1.29, 1.82) is 0 Å². The Bertz CT molecular complexity index is 767. The number of rotatable bonds is 5. The molecule has 0 amide bonds. The highest BCUT2D eigenvalue weighted by atomic mass is 79.9.